The topological polar surface area (TPSA) is 49.4 Å². The third-order valence-corrected chi connectivity index (χ3v) is 1.67. The van der Waals surface area contributed by atoms with Gasteiger partial charge in [0.05, 0.1) is 0 Å². The summed E-state index contributed by atoms with van der Waals surface area (Å²) in [4.78, 5) is 16.5. The molecule has 0 spiro atoms. The molecule has 0 saturated heterocycles. The van der Waals surface area contributed by atoms with Crippen molar-refractivity contribution in [2.75, 3.05) is 0 Å². The number of rotatable bonds is 6. The van der Waals surface area contributed by atoms with Crippen molar-refractivity contribution in [1.82, 2.24) is 0 Å². The Morgan fingerprint density at radius 1 is 0.429 bits per heavy atom. The van der Waals surface area contributed by atoms with E-state index in [4.69, 9.17) is 0 Å². The molecule has 21 heavy (non-hydrogen) atoms. The first-order valence-electron chi connectivity index (χ1n) is 7.35. The fourth-order valence-corrected chi connectivity index (χ4v) is 0.842. The zero-order valence-electron chi connectivity index (χ0n) is 14.7. The number of nitrogens with zero attached hydrogens (tertiary/aromatic N) is 4. The minimum atomic E-state index is 0. The van der Waals surface area contributed by atoms with Gasteiger partial charge in [-0.1, -0.05) is 0 Å². The van der Waals surface area contributed by atoms with Crippen LogP contribution in [0, 0.1) is 0 Å². The summed E-state index contributed by atoms with van der Waals surface area (Å²) in [6.45, 7) is 16.3. The van der Waals surface area contributed by atoms with Crippen LogP contribution in [0.5, 0.6) is 0 Å². The fraction of sp³-hybridized carbons (Fsp3) is 0.750. The van der Waals surface area contributed by atoms with Gasteiger partial charge in [-0.25, -0.2) is 0 Å². The van der Waals surface area contributed by atoms with E-state index in [0.717, 1.165) is 0 Å². The number of aliphatic imine (C=N–C) groups is 4. The van der Waals surface area contributed by atoms with Crippen LogP contribution in [-0.2, 0) is 16.8 Å². The Morgan fingerprint density at radius 3 is 0.667 bits per heavy atom. The molecule has 0 aliphatic carbocycles. The summed E-state index contributed by atoms with van der Waals surface area (Å²) < 4.78 is 0. The van der Waals surface area contributed by atoms with Crippen LogP contribution in [0.1, 0.15) is 55.4 Å². The summed E-state index contributed by atoms with van der Waals surface area (Å²) in [7, 11) is 0. The first-order valence-corrected chi connectivity index (χ1v) is 7.35. The minimum absolute atomic E-state index is 0. The Kier molecular flexibility index (Phi) is 20.7. The third kappa shape index (κ3) is 32.6. The fourth-order valence-electron chi connectivity index (χ4n) is 0.842. The van der Waals surface area contributed by atoms with E-state index in [2.05, 4.69) is 20.0 Å². The third-order valence-electron chi connectivity index (χ3n) is 1.67. The summed E-state index contributed by atoms with van der Waals surface area (Å²) in [5.74, 6) is 0. The van der Waals surface area contributed by atoms with Gasteiger partial charge < -0.3 is 0 Å². The first-order chi connectivity index (χ1) is 9.25. The largest absolute Gasteiger partial charge is 0.289 e. The molecule has 0 heterocycles. The van der Waals surface area contributed by atoms with Crippen LogP contribution in [0.4, 0.5) is 0 Å². The van der Waals surface area contributed by atoms with Gasteiger partial charge in [-0.2, -0.15) is 0 Å². The molecule has 125 valence electrons. The van der Waals surface area contributed by atoms with Crippen LogP contribution < -0.4 is 0 Å². The van der Waals surface area contributed by atoms with Crippen LogP contribution in [0.2, 0.25) is 0 Å². The van der Waals surface area contributed by atoms with E-state index in [1.807, 2.05) is 55.4 Å². The molecule has 4 nitrogen and oxygen atoms in total. The molecule has 0 atom stereocenters. The normalized spacial score (nSPS) is 12.4. The van der Waals surface area contributed by atoms with Gasteiger partial charge in [-0.05, 0) is 55.4 Å². The van der Waals surface area contributed by atoms with Crippen molar-refractivity contribution < 1.29 is 16.8 Å². The summed E-state index contributed by atoms with van der Waals surface area (Å²) in [6.07, 6.45) is 7.02. The second-order valence-corrected chi connectivity index (χ2v) is 5.57. The molecule has 5 heteroatoms. The van der Waals surface area contributed by atoms with Gasteiger partial charge in [-0.3, -0.25) is 20.0 Å². The van der Waals surface area contributed by atoms with Gasteiger partial charge in [0.15, 0.2) is 0 Å². The van der Waals surface area contributed by atoms with Crippen LogP contribution in [-0.4, -0.2) is 49.0 Å². The van der Waals surface area contributed by atoms with Gasteiger partial charge in [0.2, 0.25) is 0 Å². The van der Waals surface area contributed by atoms with E-state index < -0.39 is 0 Å². The van der Waals surface area contributed by atoms with Crippen molar-refractivity contribution in [2.45, 2.75) is 79.6 Å². The Balaban J connectivity index is -0.000000295. The maximum Gasteiger partial charge on any atom is 0.0443 e. The predicted molar refractivity (Wildman–Crippen MR) is 94.5 cm³/mol. The van der Waals surface area contributed by atoms with E-state index in [-0.39, 0.29) is 16.8 Å². The van der Waals surface area contributed by atoms with Crippen LogP contribution in [0.15, 0.2) is 20.0 Å². The van der Waals surface area contributed by atoms with Gasteiger partial charge >= 0.3 is 0 Å². The van der Waals surface area contributed by atoms with E-state index >= 15 is 0 Å². The molecule has 0 aliphatic heterocycles. The average Bonchev–Trinajstić information content (AvgIpc) is 2.30. The summed E-state index contributed by atoms with van der Waals surface area (Å²) in [5, 5.41) is 0. The monoisotopic (exact) mass is 339 g/mol. The maximum atomic E-state index is 4.12. The van der Waals surface area contributed by atoms with E-state index in [1.54, 1.807) is 24.9 Å². The van der Waals surface area contributed by atoms with Crippen molar-refractivity contribution in [2.24, 2.45) is 20.0 Å². The van der Waals surface area contributed by atoms with E-state index in [9.17, 15) is 0 Å². The van der Waals surface area contributed by atoms with Crippen LogP contribution in [0.3, 0.4) is 0 Å². The molecule has 0 aromatic rings. The summed E-state index contributed by atoms with van der Waals surface area (Å²) >= 11 is 0. The first kappa shape index (κ1) is 25.2. The van der Waals surface area contributed by atoms with Gasteiger partial charge in [0.25, 0.3) is 0 Å². The summed E-state index contributed by atoms with van der Waals surface area (Å²) in [6, 6.07) is 1.49. The van der Waals surface area contributed by atoms with Gasteiger partial charge in [-0.15, -0.1) is 0 Å². The van der Waals surface area contributed by atoms with Gasteiger partial charge in [0, 0.05) is 65.8 Å². The molecule has 0 fully saturated rings. The van der Waals surface area contributed by atoms with E-state index in [0.29, 0.717) is 24.2 Å². The average molecular weight is 339 g/mol. The molecule has 0 aromatic heterocycles. The van der Waals surface area contributed by atoms with Crippen LogP contribution >= 0.6 is 0 Å². The number of hydrogen-bond donors (Lipinski definition) is 0. The molecule has 0 bridgehead atoms. The smallest absolute Gasteiger partial charge is 0.0443 e. The molecule has 0 rings (SSSR count). The number of hydrogen-bond acceptors (Lipinski definition) is 4. The van der Waals surface area contributed by atoms with Crippen molar-refractivity contribution in [3.63, 3.8) is 0 Å². The Morgan fingerprint density at radius 2 is 0.571 bits per heavy atom. The van der Waals surface area contributed by atoms with E-state index in [1.165, 1.54) is 0 Å². The molecular weight excluding hydrogens is 307 g/mol. The molecule has 0 saturated carbocycles. The predicted octanol–water partition coefficient (Wildman–Crippen LogP) is 3.89. The van der Waals surface area contributed by atoms with Crippen LogP contribution in [0.25, 0.3) is 0 Å². The quantitative estimate of drug-likeness (QED) is 0.659. The second kappa shape index (κ2) is 17.2. The van der Waals surface area contributed by atoms with Crippen molar-refractivity contribution in [3.05, 3.63) is 0 Å². The molecule has 0 N–H and O–H groups in total. The molecule has 0 unspecified atom stereocenters. The molecule has 1 radical (unpaired) electrons. The zero-order chi connectivity index (χ0) is 16.0. The standard InChI is InChI=1S/2C8H16N2.Co/c2*1-7(2)9-5-6-10-8(3)4;/h2*5-8H,1-4H3;. The maximum absolute atomic E-state index is 4.12. The molecular formula is C16H32CoN4. The van der Waals surface area contributed by atoms with Gasteiger partial charge in [0.1, 0.15) is 0 Å². The zero-order valence-corrected chi connectivity index (χ0v) is 15.8. The Labute approximate surface area is 141 Å². The Bertz CT molecular complexity index is 252. The minimum Gasteiger partial charge on any atom is -0.289 e. The molecule has 0 aliphatic rings. The second-order valence-electron chi connectivity index (χ2n) is 5.57. The van der Waals surface area contributed by atoms with Crippen molar-refractivity contribution >= 4 is 24.9 Å². The van der Waals surface area contributed by atoms with Crippen molar-refractivity contribution in [3.8, 4) is 0 Å². The van der Waals surface area contributed by atoms with Crippen molar-refractivity contribution in [1.29, 1.82) is 0 Å². The molecule has 0 aromatic carbocycles. The Hall–Kier alpha value is -0.814. The molecule has 0 amide bonds. The summed E-state index contributed by atoms with van der Waals surface area (Å²) in [5.41, 5.74) is 0. The SMILES string of the molecule is CC(C)N=CC=NC(C)C.CC(C)N=CC=NC(C)C.[Co].